The SMILES string of the molecule is O=C(NCCC(O)c1cccs1)C1COc2ccccc2O1. The van der Waals surface area contributed by atoms with E-state index in [-0.39, 0.29) is 12.5 Å². The molecule has 1 aliphatic heterocycles. The van der Waals surface area contributed by atoms with Gasteiger partial charge in [0, 0.05) is 11.4 Å². The summed E-state index contributed by atoms with van der Waals surface area (Å²) < 4.78 is 11.1. The zero-order valence-electron chi connectivity index (χ0n) is 11.9. The van der Waals surface area contributed by atoms with Crippen LogP contribution in [0.5, 0.6) is 11.5 Å². The van der Waals surface area contributed by atoms with E-state index in [9.17, 15) is 9.90 Å². The summed E-state index contributed by atoms with van der Waals surface area (Å²) in [5, 5.41) is 14.7. The Morgan fingerprint density at radius 1 is 1.32 bits per heavy atom. The van der Waals surface area contributed by atoms with Gasteiger partial charge in [0.05, 0.1) is 6.10 Å². The Morgan fingerprint density at radius 3 is 2.91 bits per heavy atom. The van der Waals surface area contributed by atoms with Crippen LogP contribution in [-0.2, 0) is 4.79 Å². The summed E-state index contributed by atoms with van der Waals surface area (Å²) in [6.45, 7) is 0.579. The summed E-state index contributed by atoms with van der Waals surface area (Å²) in [6.07, 6.45) is -0.741. The summed E-state index contributed by atoms with van der Waals surface area (Å²) in [5.74, 6) is 1.00. The van der Waals surface area contributed by atoms with E-state index in [1.165, 1.54) is 11.3 Å². The molecule has 0 spiro atoms. The number of aliphatic hydroxyl groups is 1. The molecule has 22 heavy (non-hydrogen) atoms. The number of hydrogen-bond donors (Lipinski definition) is 2. The molecule has 1 aromatic carbocycles. The molecule has 5 nitrogen and oxygen atoms in total. The van der Waals surface area contributed by atoms with Gasteiger partial charge >= 0.3 is 0 Å². The van der Waals surface area contributed by atoms with Crippen molar-refractivity contribution in [2.75, 3.05) is 13.2 Å². The Balaban J connectivity index is 1.47. The highest BCUT2D eigenvalue weighted by atomic mass is 32.1. The number of hydrogen-bond acceptors (Lipinski definition) is 5. The third-order valence-electron chi connectivity index (χ3n) is 3.39. The normalized spacial score (nSPS) is 17.8. The average molecular weight is 319 g/mol. The number of para-hydroxylation sites is 2. The van der Waals surface area contributed by atoms with Gasteiger partial charge in [-0.2, -0.15) is 0 Å². The molecule has 0 fully saturated rings. The van der Waals surface area contributed by atoms with E-state index in [0.717, 1.165) is 4.88 Å². The van der Waals surface area contributed by atoms with Crippen molar-refractivity contribution in [3.8, 4) is 11.5 Å². The van der Waals surface area contributed by atoms with E-state index in [2.05, 4.69) is 5.32 Å². The number of amides is 1. The van der Waals surface area contributed by atoms with E-state index in [1.807, 2.05) is 29.6 Å². The van der Waals surface area contributed by atoms with Crippen molar-refractivity contribution >= 4 is 17.2 Å². The van der Waals surface area contributed by atoms with E-state index >= 15 is 0 Å². The van der Waals surface area contributed by atoms with Gasteiger partial charge in [0.25, 0.3) is 5.91 Å². The van der Waals surface area contributed by atoms with Gasteiger partial charge < -0.3 is 19.9 Å². The van der Waals surface area contributed by atoms with E-state index in [4.69, 9.17) is 9.47 Å². The van der Waals surface area contributed by atoms with Gasteiger partial charge in [-0.1, -0.05) is 18.2 Å². The first kappa shape index (κ1) is 14.9. The van der Waals surface area contributed by atoms with Crippen molar-refractivity contribution in [1.29, 1.82) is 0 Å². The molecule has 1 amide bonds. The minimum absolute atomic E-state index is 0.191. The first-order valence-corrected chi connectivity index (χ1v) is 7.99. The Morgan fingerprint density at radius 2 is 2.14 bits per heavy atom. The molecule has 0 bridgehead atoms. The molecule has 2 unspecified atom stereocenters. The van der Waals surface area contributed by atoms with Crippen molar-refractivity contribution in [1.82, 2.24) is 5.32 Å². The predicted molar refractivity (Wildman–Crippen MR) is 83.3 cm³/mol. The molecule has 2 aromatic rings. The number of carbonyl (C=O) groups is 1. The van der Waals surface area contributed by atoms with Crippen LogP contribution in [0.4, 0.5) is 0 Å². The molecule has 2 heterocycles. The van der Waals surface area contributed by atoms with Crippen molar-refractivity contribution < 1.29 is 19.4 Å². The lowest BCUT2D eigenvalue weighted by Crippen LogP contribution is -2.44. The fourth-order valence-electron chi connectivity index (χ4n) is 2.22. The number of thiophene rings is 1. The summed E-state index contributed by atoms with van der Waals surface area (Å²) in [4.78, 5) is 13.0. The minimum Gasteiger partial charge on any atom is -0.485 e. The van der Waals surface area contributed by atoms with E-state index in [1.54, 1.807) is 12.1 Å². The van der Waals surface area contributed by atoms with Crippen molar-refractivity contribution in [3.05, 3.63) is 46.7 Å². The van der Waals surface area contributed by atoms with Crippen molar-refractivity contribution in [3.63, 3.8) is 0 Å². The van der Waals surface area contributed by atoms with Crippen LogP contribution < -0.4 is 14.8 Å². The summed E-state index contributed by atoms with van der Waals surface area (Å²) in [6, 6.07) is 11.0. The summed E-state index contributed by atoms with van der Waals surface area (Å²) >= 11 is 1.50. The molecule has 2 N–H and O–H groups in total. The maximum absolute atomic E-state index is 12.1. The second-order valence-electron chi connectivity index (χ2n) is 4.98. The van der Waals surface area contributed by atoms with Gasteiger partial charge in [-0.25, -0.2) is 0 Å². The molecule has 116 valence electrons. The Labute approximate surface area is 132 Å². The molecule has 2 atom stereocenters. The second-order valence-corrected chi connectivity index (χ2v) is 5.95. The number of aliphatic hydroxyl groups excluding tert-OH is 1. The minimum atomic E-state index is -0.659. The first-order valence-electron chi connectivity index (χ1n) is 7.11. The standard InChI is InChI=1S/C16H17NO4S/c18-11(15-6-3-9-22-15)7-8-17-16(19)14-10-20-12-4-1-2-5-13(12)21-14/h1-6,9,11,14,18H,7-8,10H2,(H,17,19). The number of ether oxygens (including phenoxy) is 2. The van der Waals surface area contributed by atoms with Crippen LogP contribution in [0.25, 0.3) is 0 Å². The Kier molecular flexibility index (Phi) is 4.60. The van der Waals surface area contributed by atoms with Gasteiger partial charge in [-0.15, -0.1) is 11.3 Å². The molecule has 6 heteroatoms. The lowest BCUT2D eigenvalue weighted by atomic mass is 10.2. The van der Waals surface area contributed by atoms with Crippen LogP contribution >= 0.6 is 11.3 Å². The third kappa shape index (κ3) is 3.40. The molecule has 1 aliphatic rings. The van der Waals surface area contributed by atoms with Crippen molar-refractivity contribution in [2.45, 2.75) is 18.6 Å². The van der Waals surface area contributed by atoms with Gasteiger partial charge in [0.1, 0.15) is 6.61 Å². The number of fused-ring (bicyclic) bond motifs is 1. The Bertz CT molecular complexity index is 629. The van der Waals surface area contributed by atoms with Crippen molar-refractivity contribution in [2.24, 2.45) is 0 Å². The molecule has 3 rings (SSSR count). The van der Waals surface area contributed by atoms with E-state index < -0.39 is 12.2 Å². The fraction of sp³-hybridized carbons (Fsp3) is 0.312. The number of carbonyl (C=O) groups excluding carboxylic acids is 1. The summed E-state index contributed by atoms with van der Waals surface area (Å²) in [7, 11) is 0. The fourth-order valence-corrected chi connectivity index (χ4v) is 2.96. The van der Waals surface area contributed by atoms with Crippen LogP contribution in [0.1, 0.15) is 17.4 Å². The molecular formula is C16H17NO4S. The van der Waals surface area contributed by atoms with Gasteiger partial charge in [0.15, 0.2) is 11.5 Å². The monoisotopic (exact) mass is 319 g/mol. The molecule has 0 radical (unpaired) electrons. The van der Waals surface area contributed by atoms with Gasteiger partial charge in [-0.3, -0.25) is 4.79 Å². The second kappa shape index (κ2) is 6.81. The molecule has 0 saturated carbocycles. The number of rotatable bonds is 5. The predicted octanol–water partition coefficient (Wildman–Crippen LogP) is 2.13. The molecule has 0 saturated heterocycles. The molecular weight excluding hydrogens is 302 g/mol. The smallest absolute Gasteiger partial charge is 0.264 e. The van der Waals surface area contributed by atoms with Crippen LogP contribution in [0.15, 0.2) is 41.8 Å². The maximum Gasteiger partial charge on any atom is 0.264 e. The highest BCUT2D eigenvalue weighted by Gasteiger charge is 2.27. The average Bonchev–Trinajstić information content (AvgIpc) is 3.08. The van der Waals surface area contributed by atoms with Crippen LogP contribution in [0.3, 0.4) is 0 Å². The lowest BCUT2D eigenvalue weighted by Gasteiger charge is -2.25. The largest absolute Gasteiger partial charge is 0.485 e. The van der Waals surface area contributed by atoms with Gasteiger partial charge in [-0.05, 0) is 30.0 Å². The number of benzene rings is 1. The lowest BCUT2D eigenvalue weighted by molar-refractivity contribution is -0.130. The topological polar surface area (TPSA) is 67.8 Å². The quantitative estimate of drug-likeness (QED) is 0.886. The van der Waals surface area contributed by atoms with Crippen LogP contribution in [0.2, 0.25) is 0 Å². The van der Waals surface area contributed by atoms with Crippen LogP contribution in [0, 0.1) is 0 Å². The van der Waals surface area contributed by atoms with E-state index in [0.29, 0.717) is 24.5 Å². The zero-order chi connectivity index (χ0) is 15.4. The number of nitrogens with one attached hydrogen (secondary N) is 1. The third-order valence-corrected chi connectivity index (χ3v) is 4.36. The molecule has 0 aliphatic carbocycles. The maximum atomic E-state index is 12.1. The highest BCUT2D eigenvalue weighted by Crippen LogP contribution is 2.30. The Hall–Kier alpha value is -2.05. The zero-order valence-corrected chi connectivity index (χ0v) is 12.7. The highest BCUT2D eigenvalue weighted by molar-refractivity contribution is 7.10. The van der Waals surface area contributed by atoms with Gasteiger partial charge in [0.2, 0.25) is 6.10 Å². The summed E-state index contributed by atoms with van der Waals surface area (Å²) in [5.41, 5.74) is 0. The van der Waals surface area contributed by atoms with Crippen LogP contribution in [-0.4, -0.2) is 30.3 Å². The first-order chi connectivity index (χ1) is 10.7. The molecule has 1 aromatic heterocycles.